The predicted molar refractivity (Wildman–Crippen MR) is 76.6 cm³/mol. The van der Waals surface area contributed by atoms with Crippen molar-refractivity contribution in [3.63, 3.8) is 0 Å². The first kappa shape index (κ1) is 13.3. The van der Waals surface area contributed by atoms with Crippen LogP contribution in [-0.4, -0.2) is 24.4 Å². The number of methoxy groups -OCH3 is 1. The van der Waals surface area contributed by atoms with Crippen LogP contribution in [0.3, 0.4) is 0 Å². The van der Waals surface area contributed by atoms with Gasteiger partial charge in [0, 0.05) is 11.8 Å². The van der Waals surface area contributed by atoms with Crippen LogP contribution in [0.4, 0.5) is 0 Å². The molecule has 1 aromatic rings. The van der Waals surface area contributed by atoms with Gasteiger partial charge in [0.1, 0.15) is 17.6 Å². The lowest BCUT2D eigenvalue weighted by molar-refractivity contribution is -0.152. The molecule has 1 spiro atoms. The van der Waals surface area contributed by atoms with Crippen LogP contribution in [-0.2, 0) is 0 Å². The Labute approximate surface area is 122 Å². The van der Waals surface area contributed by atoms with Crippen LogP contribution in [0.2, 0.25) is 0 Å². The van der Waals surface area contributed by atoms with Crippen molar-refractivity contribution < 1.29 is 14.6 Å². The molecule has 19 heavy (non-hydrogen) atoms. The predicted octanol–water partition coefficient (Wildman–Crippen LogP) is 3.53. The third kappa shape index (κ3) is 2.15. The van der Waals surface area contributed by atoms with Crippen molar-refractivity contribution in [2.45, 2.75) is 44.3 Å². The second-order valence-corrected chi connectivity index (χ2v) is 6.45. The summed E-state index contributed by atoms with van der Waals surface area (Å²) in [6.45, 7) is 0. The second kappa shape index (κ2) is 4.98. The van der Waals surface area contributed by atoms with Gasteiger partial charge in [-0.15, -0.1) is 0 Å². The van der Waals surface area contributed by atoms with Gasteiger partial charge in [-0.05, 0) is 47.0 Å². The molecule has 0 saturated heterocycles. The number of ether oxygens (including phenoxy) is 2. The van der Waals surface area contributed by atoms with Crippen LogP contribution in [0.25, 0.3) is 0 Å². The Balaban J connectivity index is 1.75. The molecule has 2 aliphatic carbocycles. The Hall–Kier alpha value is -0.740. The summed E-state index contributed by atoms with van der Waals surface area (Å²) >= 11 is 3.51. The minimum Gasteiger partial charge on any atom is -0.497 e. The number of rotatable bonds is 3. The van der Waals surface area contributed by atoms with Gasteiger partial charge in [0.05, 0.1) is 17.7 Å². The Morgan fingerprint density at radius 1 is 1.32 bits per heavy atom. The number of aliphatic hydroxyl groups excluding tert-OH is 1. The van der Waals surface area contributed by atoms with Gasteiger partial charge in [-0.1, -0.05) is 12.8 Å². The minimum absolute atomic E-state index is 0.0133. The molecule has 3 rings (SSSR count). The molecule has 2 unspecified atom stereocenters. The fourth-order valence-corrected chi connectivity index (χ4v) is 3.89. The van der Waals surface area contributed by atoms with E-state index >= 15 is 0 Å². The van der Waals surface area contributed by atoms with Crippen molar-refractivity contribution in [3.05, 3.63) is 22.7 Å². The number of benzene rings is 1. The summed E-state index contributed by atoms with van der Waals surface area (Å²) in [7, 11) is 1.65. The molecule has 0 aromatic heterocycles. The maximum atomic E-state index is 10.1. The molecule has 0 amide bonds. The Bertz CT molecular complexity index is 468. The van der Waals surface area contributed by atoms with Crippen LogP contribution in [0.15, 0.2) is 22.7 Å². The van der Waals surface area contributed by atoms with Gasteiger partial charge in [0.25, 0.3) is 0 Å². The highest BCUT2D eigenvalue weighted by Gasteiger charge is 2.57. The Morgan fingerprint density at radius 2 is 2.05 bits per heavy atom. The van der Waals surface area contributed by atoms with E-state index in [1.165, 1.54) is 12.8 Å². The Morgan fingerprint density at radius 3 is 2.63 bits per heavy atom. The first-order valence-corrected chi connectivity index (χ1v) is 7.63. The molecule has 0 heterocycles. The summed E-state index contributed by atoms with van der Waals surface area (Å²) in [6.07, 6.45) is 5.31. The van der Waals surface area contributed by atoms with Gasteiger partial charge < -0.3 is 14.6 Å². The lowest BCUT2D eigenvalue weighted by Crippen LogP contribution is -2.58. The van der Waals surface area contributed by atoms with Crippen molar-refractivity contribution >= 4 is 15.9 Å². The van der Waals surface area contributed by atoms with Crippen molar-refractivity contribution in [1.29, 1.82) is 0 Å². The minimum atomic E-state index is -0.183. The average Bonchev–Trinajstić information content (AvgIpc) is 2.92. The van der Waals surface area contributed by atoms with Crippen molar-refractivity contribution in [3.8, 4) is 11.5 Å². The molecule has 1 aromatic carbocycles. The van der Waals surface area contributed by atoms with E-state index in [2.05, 4.69) is 15.9 Å². The van der Waals surface area contributed by atoms with Crippen molar-refractivity contribution in [2.24, 2.45) is 5.41 Å². The zero-order valence-electron chi connectivity index (χ0n) is 11.1. The molecule has 2 fully saturated rings. The van der Waals surface area contributed by atoms with Crippen molar-refractivity contribution in [2.75, 3.05) is 7.11 Å². The molecule has 0 aliphatic heterocycles. The lowest BCUT2D eigenvalue weighted by atomic mass is 9.62. The average molecular weight is 327 g/mol. The van der Waals surface area contributed by atoms with Gasteiger partial charge in [0.15, 0.2) is 0 Å². The standard InChI is InChI=1S/C15H19BrO3/c1-18-10-4-5-12(11(16)8-10)19-14-9-13(17)15(14)6-2-3-7-15/h4-5,8,13-14,17H,2-3,6-7,9H2,1H3. The van der Waals surface area contributed by atoms with E-state index in [0.717, 1.165) is 35.2 Å². The SMILES string of the molecule is COc1ccc(OC2CC(O)C23CCCC3)c(Br)c1. The largest absolute Gasteiger partial charge is 0.497 e. The zero-order valence-corrected chi connectivity index (χ0v) is 12.6. The summed E-state index contributed by atoms with van der Waals surface area (Å²) in [4.78, 5) is 0. The van der Waals surface area contributed by atoms with Crippen LogP contribution < -0.4 is 9.47 Å². The monoisotopic (exact) mass is 326 g/mol. The summed E-state index contributed by atoms with van der Waals surface area (Å²) in [5.41, 5.74) is 0.0133. The van der Waals surface area contributed by atoms with Gasteiger partial charge in [-0.25, -0.2) is 0 Å². The molecule has 3 nitrogen and oxygen atoms in total. The van der Waals surface area contributed by atoms with E-state index < -0.39 is 0 Å². The summed E-state index contributed by atoms with van der Waals surface area (Å²) in [6, 6.07) is 5.73. The molecule has 0 bridgehead atoms. The third-order valence-corrected chi connectivity index (χ3v) is 5.30. The molecule has 104 valence electrons. The highest BCUT2D eigenvalue weighted by Crippen LogP contribution is 2.55. The first-order chi connectivity index (χ1) is 9.15. The van der Waals surface area contributed by atoms with E-state index in [1.807, 2.05) is 18.2 Å². The van der Waals surface area contributed by atoms with Crippen molar-refractivity contribution in [1.82, 2.24) is 0 Å². The highest BCUT2D eigenvalue weighted by molar-refractivity contribution is 9.10. The van der Waals surface area contributed by atoms with E-state index in [4.69, 9.17) is 9.47 Å². The maximum absolute atomic E-state index is 10.1. The third-order valence-electron chi connectivity index (χ3n) is 4.68. The zero-order chi connectivity index (χ0) is 13.5. The number of hydrogen-bond acceptors (Lipinski definition) is 3. The molecule has 2 saturated carbocycles. The quantitative estimate of drug-likeness (QED) is 0.923. The Kier molecular flexibility index (Phi) is 3.48. The summed E-state index contributed by atoms with van der Waals surface area (Å²) < 4.78 is 12.2. The molecule has 2 aliphatic rings. The first-order valence-electron chi connectivity index (χ1n) is 6.84. The van der Waals surface area contributed by atoms with E-state index in [1.54, 1.807) is 7.11 Å². The fraction of sp³-hybridized carbons (Fsp3) is 0.600. The van der Waals surface area contributed by atoms with Gasteiger partial charge in [-0.3, -0.25) is 0 Å². The molecule has 1 N–H and O–H groups in total. The molecule has 4 heteroatoms. The summed E-state index contributed by atoms with van der Waals surface area (Å²) in [5, 5.41) is 10.1. The van der Waals surface area contributed by atoms with Gasteiger partial charge in [0.2, 0.25) is 0 Å². The van der Waals surface area contributed by atoms with E-state index in [-0.39, 0.29) is 17.6 Å². The smallest absolute Gasteiger partial charge is 0.134 e. The van der Waals surface area contributed by atoms with Crippen LogP contribution in [0.1, 0.15) is 32.1 Å². The van der Waals surface area contributed by atoms with Crippen LogP contribution in [0, 0.1) is 5.41 Å². The molecular weight excluding hydrogens is 308 g/mol. The fourth-order valence-electron chi connectivity index (χ4n) is 3.44. The van der Waals surface area contributed by atoms with E-state index in [9.17, 15) is 5.11 Å². The van der Waals surface area contributed by atoms with E-state index in [0.29, 0.717) is 0 Å². The topological polar surface area (TPSA) is 38.7 Å². The summed E-state index contributed by atoms with van der Waals surface area (Å²) in [5.74, 6) is 1.65. The van der Waals surface area contributed by atoms with Gasteiger partial charge >= 0.3 is 0 Å². The number of halogens is 1. The molecular formula is C15H19BrO3. The maximum Gasteiger partial charge on any atom is 0.134 e. The molecule has 2 atom stereocenters. The van der Waals surface area contributed by atoms with Crippen LogP contribution in [0.5, 0.6) is 11.5 Å². The van der Waals surface area contributed by atoms with Crippen LogP contribution >= 0.6 is 15.9 Å². The van der Waals surface area contributed by atoms with Gasteiger partial charge in [-0.2, -0.15) is 0 Å². The normalized spacial score (nSPS) is 28.2. The number of aliphatic hydroxyl groups is 1. The second-order valence-electron chi connectivity index (χ2n) is 5.59. The number of hydrogen-bond donors (Lipinski definition) is 1. The lowest BCUT2D eigenvalue weighted by Gasteiger charge is -2.51. The molecule has 0 radical (unpaired) electrons. The highest BCUT2D eigenvalue weighted by atomic mass is 79.9.